The van der Waals surface area contributed by atoms with Gasteiger partial charge in [-0.05, 0) is 30.4 Å². The monoisotopic (exact) mass is 216 g/mol. The molecular weight excluding hydrogens is 200 g/mol. The third-order valence-corrected chi connectivity index (χ3v) is 3.14. The van der Waals surface area contributed by atoms with Gasteiger partial charge >= 0.3 is 5.97 Å². The van der Waals surface area contributed by atoms with Crippen molar-refractivity contribution in [2.75, 3.05) is 0 Å². The third-order valence-electron chi connectivity index (χ3n) is 3.14. The van der Waals surface area contributed by atoms with E-state index < -0.39 is 5.97 Å². The Morgan fingerprint density at radius 3 is 2.62 bits per heavy atom. The van der Waals surface area contributed by atoms with Crippen molar-refractivity contribution in [1.82, 2.24) is 0 Å². The Hall–Kier alpha value is -1.57. The summed E-state index contributed by atoms with van der Waals surface area (Å²) in [7, 11) is 0. The quantitative estimate of drug-likeness (QED) is 0.838. The molecule has 0 spiro atoms. The molecule has 2 heteroatoms. The summed E-state index contributed by atoms with van der Waals surface area (Å²) in [6.07, 6.45) is 9.21. The average molecular weight is 216 g/mol. The van der Waals surface area contributed by atoms with Gasteiger partial charge in [-0.3, -0.25) is 0 Å². The maximum absolute atomic E-state index is 11.0. The van der Waals surface area contributed by atoms with E-state index in [1.807, 2.05) is 18.2 Å². The lowest BCUT2D eigenvalue weighted by Gasteiger charge is -2.03. The fourth-order valence-electron chi connectivity index (χ4n) is 2.23. The number of carbonyl (C=O) groups is 1. The van der Waals surface area contributed by atoms with E-state index in [9.17, 15) is 4.79 Å². The van der Waals surface area contributed by atoms with Gasteiger partial charge in [0, 0.05) is 0 Å². The molecule has 0 heterocycles. The molecule has 16 heavy (non-hydrogen) atoms. The molecule has 0 radical (unpaired) electrons. The van der Waals surface area contributed by atoms with Crippen LogP contribution in [0.4, 0.5) is 0 Å². The van der Waals surface area contributed by atoms with Gasteiger partial charge in [-0.15, -0.1) is 0 Å². The Bertz CT molecular complexity index is 401. The normalized spacial score (nSPS) is 17.0. The van der Waals surface area contributed by atoms with E-state index in [0.29, 0.717) is 11.5 Å². The van der Waals surface area contributed by atoms with Crippen molar-refractivity contribution in [1.29, 1.82) is 0 Å². The van der Waals surface area contributed by atoms with E-state index in [4.69, 9.17) is 5.11 Å². The van der Waals surface area contributed by atoms with E-state index in [-0.39, 0.29) is 0 Å². The Kier molecular flexibility index (Phi) is 3.40. The van der Waals surface area contributed by atoms with E-state index in [2.05, 4.69) is 6.08 Å². The molecular formula is C14H16O2. The SMILES string of the molecule is O=C(O)c1ccccc1/C=C/C1CCCC1. The number of rotatable bonds is 3. The number of carboxylic acid groups (broad SMARTS) is 1. The van der Waals surface area contributed by atoms with Crippen molar-refractivity contribution in [2.45, 2.75) is 25.7 Å². The Labute approximate surface area is 95.6 Å². The number of hydrogen-bond acceptors (Lipinski definition) is 1. The molecule has 1 saturated carbocycles. The van der Waals surface area contributed by atoms with Gasteiger partial charge in [0.2, 0.25) is 0 Å². The molecule has 1 aliphatic rings. The summed E-state index contributed by atoms with van der Waals surface area (Å²) in [5, 5.41) is 9.02. The third kappa shape index (κ3) is 2.51. The van der Waals surface area contributed by atoms with Crippen LogP contribution in [0.5, 0.6) is 0 Å². The van der Waals surface area contributed by atoms with Crippen molar-refractivity contribution in [3.8, 4) is 0 Å². The Balaban J connectivity index is 2.16. The topological polar surface area (TPSA) is 37.3 Å². The van der Waals surface area contributed by atoms with Crippen molar-refractivity contribution < 1.29 is 9.90 Å². The van der Waals surface area contributed by atoms with Crippen molar-refractivity contribution in [2.24, 2.45) is 5.92 Å². The van der Waals surface area contributed by atoms with Gasteiger partial charge < -0.3 is 5.11 Å². The summed E-state index contributed by atoms with van der Waals surface area (Å²) in [5.41, 5.74) is 1.19. The molecule has 0 saturated heterocycles. The minimum absolute atomic E-state index is 0.386. The van der Waals surface area contributed by atoms with Crippen molar-refractivity contribution >= 4 is 12.0 Å². The van der Waals surface area contributed by atoms with Crippen LogP contribution in [0, 0.1) is 5.92 Å². The molecule has 0 atom stereocenters. The minimum atomic E-state index is -0.855. The zero-order valence-corrected chi connectivity index (χ0v) is 9.23. The van der Waals surface area contributed by atoms with Crippen LogP contribution in [0.2, 0.25) is 0 Å². The van der Waals surface area contributed by atoms with Gasteiger partial charge in [0.15, 0.2) is 0 Å². The smallest absolute Gasteiger partial charge is 0.336 e. The van der Waals surface area contributed by atoms with Crippen LogP contribution < -0.4 is 0 Å². The summed E-state index contributed by atoms with van der Waals surface area (Å²) in [4.78, 5) is 11.0. The lowest BCUT2D eigenvalue weighted by molar-refractivity contribution is 0.0696. The highest BCUT2D eigenvalue weighted by Gasteiger charge is 2.12. The van der Waals surface area contributed by atoms with Gasteiger partial charge in [0.05, 0.1) is 5.56 Å². The lowest BCUT2D eigenvalue weighted by atomic mass is 10.0. The fourth-order valence-corrected chi connectivity index (χ4v) is 2.23. The standard InChI is InChI=1S/C14H16O2/c15-14(16)13-8-4-3-7-12(13)10-9-11-5-1-2-6-11/h3-4,7-11H,1-2,5-6H2,(H,15,16)/b10-9+. The van der Waals surface area contributed by atoms with Gasteiger partial charge in [-0.25, -0.2) is 4.79 Å². The predicted octanol–water partition coefficient (Wildman–Crippen LogP) is 3.59. The van der Waals surface area contributed by atoms with Crippen LogP contribution in [0.25, 0.3) is 6.08 Å². The van der Waals surface area contributed by atoms with Gasteiger partial charge in [-0.1, -0.05) is 43.2 Å². The molecule has 1 aromatic rings. The highest BCUT2D eigenvalue weighted by molar-refractivity contribution is 5.92. The van der Waals surface area contributed by atoms with Crippen molar-refractivity contribution in [3.05, 3.63) is 41.5 Å². The number of benzene rings is 1. The zero-order valence-electron chi connectivity index (χ0n) is 9.23. The molecule has 2 nitrogen and oxygen atoms in total. The average Bonchev–Trinajstić information content (AvgIpc) is 2.79. The summed E-state index contributed by atoms with van der Waals surface area (Å²) < 4.78 is 0. The highest BCUT2D eigenvalue weighted by Crippen LogP contribution is 2.26. The van der Waals surface area contributed by atoms with Crippen LogP contribution in [0.3, 0.4) is 0 Å². The maximum atomic E-state index is 11.0. The number of allylic oxidation sites excluding steroid dienone is 1. The molecule has 0 unspecified atom stereocenters. The molecule has 1 fully saturated rings. The molecule has 1 aromatic carbocycles. The first-order chi connectivity index (χ1) is 7.77. The molecule has 1 N–H and O–H groups in total. The summed E-state index contributed by atoms with van der Waals surface area (Å²) in [6, 6.07) is 7.14. The molecule has 0 bridgehead atoms. The second-order valence-corrected chi connectivity index (χ2v) is 4.30. The number of aromatic carboxylic acids is 1. The molecule has 1 aliphatic carbocycles. The van der Waals surface area contributed by atoms with Crippen molar-refractivity contribution in [3.63, 3.8) is 0 Å². The largest absolute Gasteiger partial charge is 0.478 e. The Morgan fingerprint density at radius 2 is 1.94 bits per heavy atom. The molecule has 0 aromatic heterocycles. The van der Waals surface area contributed by atoms with E-state index in [1.165, 1.54) is 25.7 Å². The molecule has 0 amide bonds. The number of hydrogen-bond donors (Lipinski definition) is 1. The molecule has 84 valence electrons. The van der Waals surface area contributed by atoms with Crippen LogP contribution in [-0.4, -0.2) is 11.1 Å². The summed E-state index contributed by atoms with van der Waals surface area (Å²) >= 11 is 0. The first-order valence-electron chi connectivity index (χ1n) is 5.78. The van der Waals surface area contributed by atoms with Crippen LogP contribution in [0.1, 0.15) is 41.6 Å². The minimum Gasteiger partial charge on any atom is -0.478 e. The Morgan fingerprint density at radius 1 is 1.25 bits per heavy atom. The van der Waals surface area contributed by atoms with E-state index in [0.717, 1.165) is 5.56 Å². The first kappa shape index (κ1) is 10.9. The maximum Gasteiger partial charge on any atom is 0.336 e. The van der Waals surface area contributed by atoms with Gasteiger partial charge in [-0.2, -0.15) is 0 Å². The van der Waals surface area contributed by atoms with Crippen LogP contribution in [0.15, 0.2) is 30.3 Å². The lowest BCUT2D eigenvalue weighted by Crippen LogP contribution is -1.98. The van der Waals surface area contributed by atoms with E-state index in [1.54, 1.807) is 12.1 Å². The fraction of sp³-hybridized carbons (Fsp3) is 0.357. The van der Waals surface area contributed by atoms with Crippen LogP contribution >= 0.6 is 0 Å². The van der Waals surface area contributed by atoms with Gasteiger partial charge in [0.1, 0.15) is 0 Å². The second-order valence-electron chi connectivity index (χ2n) is 4.30. The number of carboxylic acids is 1. The highest BCUT2D eigenvalue weighted by atomic mass is 16.4. The second kappa shape index (κ2) is 4.97. The van der Waals surface area contributed by atoms with Crippen LogP contribution in [-0.2, 0) is 0 Å². The summed E-state index contributed by atoms with van der Waals surface area (Å²) in [6.45, 7) is 0. The zero-order chi connectivity index (χ0) is 11.4. The summed E-state index contributed by atoms with van der Waals surface area (Å²) in [5.74, 6) is -0.214. The van der Waals surface area contributed by atoms with E-state index >= 15 is 0 Å². The molecule has 2 rings (SSSR count). The molecule has 0 aliphatic heterocycles. The first-order valence-corrected chi connectivity index (χ1v) is 5.78. The predicted molar refractivity (Wildman–Crippen MR) is 64.4 cm³/mol. The van der Waals surface area contributed by atoms with Gasteiger partial charge in [0.25, 0.3) is 0 Å².